The van der Waals surface area contributed by atoms with E-state index in [-0.39, 0.29) is 98.0 Å². The number of carboxylic acid groups (broad SMARTS) is 18. The summed E-state index contributed by atoms with van der Waals surface area (Å²) >= 11 is 0. The van der Waals surface area contributed by atoms with Gasteiger partial charge >= 0.3 is 107 Å². The van der Waals surface area contributed by atoms with Crippen LogP contribution in [0.3, 0.4) is 0 Å². The van der Waals surface area contributed by atoms with Crippen molar-refractivity contribution in [1.82, 2.24) is 0 Å². The summed E-state index contributed by atoms with van der Waals surface area (Å²) in [6.07, 6.45) is 6.09. The number of ketones is 12. The molecule has 53 heteroatoms. The predicted octanol–water partition coefficient (Wildman–Crippen LogP) is 4.52. The lowest BCUT2D eigenvalue weighted by Gasteiger charge is -2.34. The van der Waals surface area contributed by atoms with Gasteiger partial charge in [-0.15, -0.1) is 0 Å². The van der Waals surface area contributed by atoms with Gasteiger partial charge in [0.05, 0.1) is 12.8 Å². The molecule has 2 fully saturated rings. The predicted molar refractivity (Wildman–Crippen MR) is 478 cm³/mol. The molecule has 0 radical (unpaired) electrons. The van der Waals surface area contributed by atoms with Crippen LogP contribution in [0.4, 0.5) is 0 Å². The van der Waals surface area contributed by atoms with Crippen molar-refractivity contribution in [2.45, 2.75) is 322 Å². The van der Waals surface area contributed by atoms with Crippen molar-refractivity contribution >= 4 is 177 Å². The summed E-state index contributed by atoms with van der Waals surface area (Å²) in [4.78, 5) is 301. The highest BCUT2D eigenvalue weighted by atomic mass is 16.4. The van der Waals surface area contributed by atoms with Crippen molar-refractivity contribution in [3.63, 3.8) is 0 Å². The second kappa shape index (κ2) is 92.5. The second-order valence-electron chi connectivity index (χ2n) is 29.7. The zero-order valence-corrected chi connectivity index (χ0v) is 79.6. The second-order valence-corrected chi connectivity index (χ2v) is 29.7. The van der Waals surface area contributed by atoms with E-state index in [2.05, 4.69) is 0 Å². The molecule has 2 aliphatic carbocycles. The summed E-state index contributed by atoms with van der Waals surface area (Å²) in [7, 11) is 0. The summed E-state index contributed by atoms with van der Waals surface area (Å²) in [6.45, 7) is 20.0. The van der Waals surface area contributed by atoms with E-state index in [4.69, 9.17) is 117 Å². The summed E-state index contributed by atoms with van der Waals surface area (Å²) < 4.78 is 0. The van der Waals surface area contributed by atoms with Crippen LogP contribution in [0, 0.1) is 22.2 Å². The Morgan fingerprint density at radius 1 is 0.293 bits per heavy atom. The van der Waals surface area contributed by atoms with Gasteiger partial charge in [-0.05, 0) is 168 Å². The molecule has 2 rings (SSSR count). The fraction of sp³-hybridized carbons (Fsp3) is 0.609. The fourth-order valence-corrected chi connectivity index (χ4v) is 7.33. The summed E-state index contributed by atoms with van der Waals surface area (Å²) in [6, 6.07) is 0. The fourth-order valence-electron chi connectivity index (χ4n) is 7.33. The van der Waals surface area contributed by atoms with E-state index in [1.807, 2.05) is 0 Å². The van der Waals surface area contributed by atoms with Gasteiger partial charge in [0.1, 0.15) is 105 Å². The van der Waals surface area contributed by atoms with Crippen LogP contribution in [0.1, 0.15) is 291 Å². The lowest BCUT2D eigenvalue weighted by molar-refractivity contribution is -0.165. The van der Waals surface area contributed by atoms with Crippen LogP contribution < -0.4 is 0 Å². The maximum absolute atomic E-state index is 10.8. The molecule has 140 heavy (non-hydrogen) atoms. The quantitative estimate of drug-likeness (QED) is 0.0172. The van der Waals surface area contributed by atoms with Crippen molar-refractivity contribution in [2.24, 2.45) is 22.2 Å². The van der Waals surface area contributed by atoms with Gasteiger partial charge in [-0.3, -0.25) is 91.1 Å². The lowest BCUT2D eigenvalue weighted by Crippen LogP contribution is -2.49. The molecule has 2 aliphatic rings. The van der Waals surface area contributed by atoms with Gasteiger partial charge in [0.2, 0.25) is 5.78 Å². The van der Waals surface area contributed by atoms with Crippen molar-refractivity contribution < 1.29 is 261 Å². The lowest BCUT2D eigenvalue weighted by atomic mass is 9.66. The highest BCUT2D eigenvalue weighted by Crippen LogP contribution is 2.46. The Bertz CT molecular complexity index is 3770. The average molecular weight is 2030 g/mol. The first-order valence-corrected chi connectivity index (χ1v) is 41.0. The van der Waals surface area contributed by atoms with E-state index in [0.717, 1.165) is 72.1 Å². The molecular formula is C87H138O53. The largest absolute Gasteiger partial charge is 0.481 e. The normalized spacial score (nSPS) is 12.3. The summed E-state index contributed by atoms with van der Waals surface area (Å²) in [5.74, 6) is -23.6. The van der Waals surface area contributed by atoms with Crippen molar-refractivity contribution in [2.75, 3.05) is 0 Å². The van der Waals surface area contributed by atoms with Gasteiger partial charge in [0.15, 0.2) is 17.7 Å². The number of carbonyl (C=O) groups is 30. The van der Waals surface area contributed by atoms with Gasteiger partial charge in [0.25, 0.3) is 0 Å². The molecule has 0 aromatic carbocycles. The first-order valence-electron chi connectivity index (χ1n) is 41.0. The monoisotopic (exact) mass is 2030 g/mol. The Kier molecular flexibility index (Phi) is 104. The third-order valence-electron chi connectivity index (χ3n) is 16.5. The van der Waals surface area contributed by atoms with E-state index in [9.17, 15) is 144 Å². The Hall–Kier alpha value is -14.2. The van der Waals surface area contributed by atoms with E-state index in [1.165, 1.54) is 69.2 Å². The topological polar surface area (TPSA) is 977 Å². The van der Waals surface area contributed by atoms with Gasteiger partial charge in [0, 0.05) is 89.0 Å². The number of rotatable bonds is 49. The number of unbranched alkanes of at least 4 members (excludes halogenated alkanes) is 7. The van der Waals surface area contributed by atoms with Crippen molar-refractivity contribution in [1.29, 1.82) is 0 Å². The van der Waals surface area contributed by atoms with Crippen molar-refractivity contribution in [3.8, 4) is 0 Å². The molecule has 0 amide bonds. The highest BCUT2D eigenvalue weighted by molar-refractivity contribution is 6.31. The molecule has 23 N–H and O–H groups in total. The number of aliphatic carboxylic acids is 18. The molecule has 0 spiro atoms. The number of hydrogen-bond donors (Lipinski definition) is 23. The van der Waals surface area contributed by atoms with E-state index in [1.54, 1.807) is 13.8 Å². The Morgan fingerprint density at radius 3 is 0.679 bits per heavy atom. The van der Waals surface area contributed by atoms with Gasteiger partial charge < -0.3 is 141 Å². The molecule has 53 nitrogen and oxygen atoms in total. The summed E-state index contributed by atoms with van der Waals surface area (Å²) in [5.41, 5.74) is -3.19. The van der Waals surface area contributed by atoms with Crippen LogP contribution in [0.15, 0.2) is 24.3 Å². The molecule has 6 atom stereocenters. The van der Waals surface area contributed by atoms with Gasteiger partial charge in [-0.25, -0.2) is 28.8 Å². The molecule has 0 saturated heterocycles. The van der Waals surface area contributed by atoms with E-state index < -0.39 is 190 Å². The van der Waals surface area contributed by atoms with Crippen LogP contribution in [-0.2, 0) is 144 Å². The maximum atomic E-state index is 10.8. The molecule has 6 unspecified atom stereocenters. The smallest absolute Gasteiger partial charge is 0.371 e. The van der Waals surface area contributed by atoms with Crippen LogP contribution in [0.5, 0.6) is 0 Å². The first-order chi connectivity index (χ1) is 63.1. The molecule has 0 bridgehead atoms. The van der Waals surface area contributed by atoms with Crippen LogP contribution in [0.25, 0.3) is 0 Å². The highest BCUT2D eigenvalue weighted by Gasteiger charge is 2.54. The van der Waals surface area contributed by atoms with E-state index in [0.29, 0.717) is 101 Å². The summed E-state index contributed by atoms with van der Waals surface area (Å²) in [5, 5.41) is 189. The Labute approximate surface area is 803 Å². The number of hydrogen-bond acceptors (Lipinski definition) is 35. The zero-order valence-electron chi connectivity index (χ0n) is 79.6. The van der Waals surface area contributed by atoms with Crippen LogP contribution in [0.2, 0.25) is 0 Å². The molecule has 0 aromatic rings. The number of carboxylic acids is 18. The zero-order chi connectivity index (χ0) is 113. The minimum Gasteiger partial charge on any atom is -0.481 e. The molecule has 0 heterocycles. The maximum Gasteiger partial charge on any atom is 0.371 e. The minimum absolute atomic E-state index is 0. The van der Waals surface area contributed by atoms with Crippen LogP contribution >= 0.6 is 0 Å². The third-order valence-corrected chi connectivity index (χ3v) is 16.5. The molecular weight excluding hydrogens is 1890 g/mol. The number of Topliss-reactive ketones (excluding diaryl/α,β-unsaturated/α-hetero) is 12. The van der Waals surface area contributed by atoms with Gasteiger partial charge in [-0.2, -0.15) is 0 Å². The Balaban J connectivity index is -0.000000102. The van der Waals surface area contributed by atoms with Crippen molar-refractivity contribution in [3.05, 3.63) is 24.3 Å². The standard InChI is InChI=1S/C10H18O3.C8H14O3.C7H12O7.C7H10O3.C7H12O3.C6H8O3.2C6H10O3.C5H8O4.2C5H8O3.2C4H4O4.C3H4O4.C3H4O3.CH4/c1-9(11)7-5-3-2-4-6-8-10(12)13;1-7(9)5-3-2-4-6-8(10)11;1-2(8)3(9)4(10)5(11)6(12)7(13)14;1-5(8)7(6(9)10)3-2-4-7;1-6(8)4-2-3-5-7(9)10;1-4(7)6(2-3-6)5(8)9;1-4(7)6(2,3)5(8)9;1-5(7)3-2-4-6(8)9;1-3(6)4(7)2-5(8)9;1-4(6)2-3-5(7)8;1-3(4(2)6)5(7)8;2*5-3(6)1-2-4(7)8;4-2(5)1-3(6)7;1-2(4)3(5)6;/h2-8H2,1H3,(H,12,13);2-6H2,1H3,(H,10,11);3-6,9-12H,1H3,(H,13,14);2-4H2,1H3,(H,9,10);2-5H2,1H3,(H,9,10);2-3H2,1H3,(H,8,9);1-3H3,(H,8,9);2-4H2,1H3,(H,8,9);4,7H,2H2,1H3,(H,8,9);2-3H2,1H3,(H,7,8);3H,1-2H3,(H,7,8);2*1-2H,(H,5,6)(H,7,8);1H2,(H,4,5)(H,6,7);1H3,(H,5,6);1H4/b;;;;;;;;;;;2-1+;2-1-;;;. The third kappa shape index (κ3) is 120. The molecule has 2 saturated carbocycles. The van der Waals surface area contributed by atoms with Gasteiger partial charge in [-0.1, -0.05) is 39.5 Å². The molecule has 0 aliphatic heterocycles. The number of aliphatic hydroxyl groups excluding tert-OH is 5. The first kappa shape index (κ1) is 157. The molecule has 804 valence electrons. The van der Waals surface area contributed by atoms with Crippen LogP contribution in [-0.4, -0.2) is 325 Å². The molecule has 0 aromatic heterocycles. The Morgan fingerprint density at radius 2 is 0.543 bits per heavy atom. The SMILES string of the molecule is C.CC(=O)C(=O)O.CC(=O)C(C)(C)C(=O)O.CC(=O)C(C)C(=O)O.CC(=O)C(O)C(O)C(O)C(O)C(=O)O.CC(=O)C(O)CC(=O)O.CC(=O)C1(C(=O)O)CC1.CC(=O)C1(C(=O)O)CCC1.CC(=O)CCC(=O)O.CC(=O)CCCC(=O)O.CC(=O)CCCCC(=O)O.CC(=O)CCCCCC(=O)O.CC(=O)CCCCCCCC(=O)O.O=C(O)/C=C/C(=O)O.O=C(O)/C=C\C(=O)O.O=C(O)CC(=O)O. The average Bonchev–Trinajstić information content (AvgIpc) is 1.62. The minimum atomic E-state index is -2.25. The number of carbonyl (C=O) groups excluding carboxylic acids is 12. The number of aliphatic hydroxyl groups is 5. The van der Waals surface area contributed by atoms with E-state index >= 15 is 0 Å².